The van der Waals surface area contributed by atoms with Crippen molar-refractivity contribution in [2.45, 2.75) is 38.5 Å². The Morgan fingerprint density at radius 1 is 1.04 bits per heavy atom. The van der Waals surface area contributed by atoms with E-state index in [0.29, 0.717) is 16.7 Å². The van der Waals surface area contributed by atoms with Crippen LogP contribution in [-0.4, -0.2) is 18.5 Å². The molecule has 4 bridgehead atoms. The van der Waals surface area contributed by atoms with E-state index in [4.69, 9.17) is 5.73 Å². The number of carbonyl (C=O) groups excluding carboxylic acids is 2. The van der Waals surface area contributed by atoms with Crippen LogP contribution in [0, 0.1) is 23.2 Å². The minimum atomic E-state index is -0.535. The number of anilines is 1. The van der Waals surface area contributed by atoms with E-state index in [2.05, 4.69) is 10.6 Å². The van der Waals surface area contributed by atoms with Gasteiger partial charge in [-0.15, -0.1) is 0 Å². The average Bonchev–Trinajstić information content (AvgIpc) is 2.52. The molecule has 0 unspecified atom stereocenters. The predicted octanol–water partition coefficient (Wildman–Crippen LogP) is 3.12. The number of nitrogens with one attached hydrogen (secondary N) is 2. The number of rotatable bonds is 4. The van der Waals surface area contributed by atoms with Gasteiger partial charge >= 0.3 is 6.03 Å². The van der Waals surface area contributed by atoms with E-state index in [0.717, 1.165) is 24.3 Å². The van der Waals surface area contributed by atoms with Crippen LogP contribution in [0.1, 0.15) is 48.9 Å². The van der Waals surface area contributed by atoms with Gasteiger partial charge in [0, 0.05) is 6.54 Å². The van der Waals surface area contributed by atoms with Gasteiger partial charge in [-0.05, 0) is 73.8 Å². The average molecular weight is 327 g/mol. The zero-order chi connectivity index (χ0) is 16.7. The predicted molar refractivity (Wildman–Crippen MR) is 92.6 cm³/mol. The molecule has 0 spiro atoms. The Bertz CT molecular complexity index is 635. The van der Waals surface area contributed by atoms with Crippen LogP contribution in [0.5, 0.6) is 0 Å². The van der Waals surface area contributed by atoms with Gasteiger partial charge < -0.3 is 16.4 Å². The summed E-state index contributed by atoms with van der Waals surface area (Å²) in [7, 11) is 0. The number of carbonyl (C=O) groups is 2. The van der Waals surface area contributed by atoms with E-state index in [1.54, 1.807) is 24.3 Å². The van der Waals surface area contributed by atoms with Crippen LogP contribution in [-0.2, 0) is 0 Å². The van der Waals surface area contributed by atoms with Crippen LogP contribution in [0.25, 0.3) is 0 Å². The summed E-state index contributed by atoms with van der Waals surface area (Å²) in [5.41, 5.74) is 6.46. The largest absolute Gasteiger partial charge is 0.366 e. The molecule has 0 aliphatic heterocycles. The fraction of sp³-hybridized carbons (Fsp3) is 0.579. The second kappa shape index (κ2) is 5.80. The fourth-order valence-corrected chi connectivity index (χ4v) is 5.75. The molecule has 0 aromatic heterocycles. The van der Waals surface area contributed by atoms with E-state index in [-0.39, 0.29) is 6.03 Å². The number of primary amides is 1. The van der Waals surface area contributed by atoms with E-state index in [9.17, 15) is 9.59 Å². The van der Waals surface area contributed by atoms with Gasteiger partial charge in [0.25, 0.3) is 5.91 Å². The van der Waals surface area contributed by atoms with Gasteiger partial charge in [-0.2, -0.15) is 0 Å². The first-order chi connectivity index (χ1) is 11.5. The molecule has 5 nitrogen and oxygen atoms in total. The molecule has 0 radical (unpaired) electrons. The Labute approximate surface area is 142 Å². The highest BCUT2D eigenvalue weighted by Crippen LogP contribution is 2.59. The highest BCUT2D eigenvalue weighted by molar-refractivity contribution is 6.02. The number of para-hydroxylation sites is 1. The van der Waals surface area contributed by atoms with E-state index >= 15 is 0 Å². The van der Waals surface area contributed by atoms with E-state index in [1.165, 1.54) is 38.5 Å². The van der Waals surface area contributed by atoms with Gasteiger partial charge in [0.2, 0.25) is 0 Å². The van der Waals surface area contributed by atoms with Crippen molar-refractivity contribution in [1.82, 2.24) is 5.32 Å². The monoisotopic (exact) mass is 327 g/mol. The van der Waals surface area contributed by atoms with Crippen molar-refractivity contribution in [2.75, 3.05) is 11.9 Å². The minimum Gasteiger partial charge on any atom is -0.366 e. The van der Waals surface area contributed by atoms with Crippen molar-refractivity contribution in [3.63, 3.8) is 0 Å². The SMILES string of the molecule is NC(=O)c1ccccc1NC(=O)NCC12CC3CC(CC(C3)C1)C2. The lowest BCUT2D eigenvalue weighted by atomic mass is 9.49. The Morgan fingerprint density at radius 3 is 2.21 bits per heavy atom. The van der Waals surface area contributed by atoms with Crippen LogP contribution in [0.15, 0.2) is 24.3 Å². The van der Waals surface area contributed by atoms with Crippen molar-refractivity contribution in [3.05, 3.63) is 29.8 Å². The summed E-state index contributed by atoms with van der Waals surface area (Å²) in [5.74, 6) is 2.08. The smallest absolute Gasteiger partial charge is 0.319 e. The molecule has 4 saturated carbocycles. The van der Waals surface area contributed by atoms with Crippen LogP contribution >= 0.6 is 0 Å². The van der Waals surface area contributed by atoms with E-state index in [1.807, 2.05) is 0 Å². The van der Waals surface area contributed by atoms with Crippen LogP contribution < -0.4 is 16.4 Å². The molecule has 4 fully saturated rings. The van der Waals surface area contributed by atoms with Crippen molar-refractivity contribution in [2.24, 2.45) is 28.9 Å². The van der Waals surface area contributed by atoms with Gasteiger partial charge in [-0.25, -0.2) is 4.79 Å². The van der Waals surface area contributed by atoms with Crippen molar-refractivity contribution < 1.29 is 9.59 Å². The first-order valence-electron chi connectivity index (χ1n) is 8.97. The number of benzene rings is 1. The minimum absolute atomic E-state index is 0.251. The third kappa shape index (κ3) is 2.87. The van der Waals surface area contributed by atoms with Gasteiger partial charge in [0.05, 0.1) is 11.3 Å². The summed E-state index contributed by atoms with van der Waals surface area (Å²) in [4.78, 5) is 23.7. The highest BCUT2D eigenvalue weighted by atomic mass is 16.2. The molecular weight excluding hydrogens is 302 g/mol. The molecule has 1 aromatic rings. The maximum absolute atomic E-state index is 12.3. The third-order valence-corrected chi connectivity index (χ3v) is 6.23. The summed E-state index contributed by atoms with van der Waals surface area (Å²) in [6.07, 6.45) is 7.98. The number of hydrogen-bond donors (Lipinski definition) is 3. The van der Waals surface area contributed by atoms with Crippen molar-refractivity contribution in [3.8, 4) is 0 Å². The molecular formula is C19H25N3O2. The summed E-state index contributed by atoms with van der Waals surface area (Å²) in [6, 6.07) is 6.58. The number of nitrogens with two attached hydrogens (primary N) is 1. The van der Waals surface area contributed by atoms with Gasteiger partial charge in [-0.3, -0.25) is 4.79 Å². The first kappa shape index (κ1) is 15.5. The summed E-state index contributed by atoms with van der Waals surface area (Å²) in [6.45, 7) is 0.737. The molecule has 5 rings (SSSR count). The quantitative estimate of drug-likeness (QED) is 0.794. The highest BCUT2D eigenvalue weighted by Gasteiger charge is 2.50. The van der Waals surface area contributed by atoms with E-state index < -0.39 is 5.91 Å². The standard InChI is InChI=1S/C19H25N3O2/c20-17(23)15-3-1-2-4-16(15)22-18(24)21-11-19-8-12-5-13(9-19)7-14(6-12)10-19/h1-4,12-14H,5-11H2,(H2,20,23)(H2,21,22,24). The summed E-state index contributed by atoms with van der Waals surface area (Å²) < 4.78 is 0. The Hall–Kier alpha value is -2.04. The molecule has 0 heterocycles. The molecule has 0 saturated heterocycles. The topological polar surface area (TPSA) is 84.2 Å². The lowest BCUT2D eigenvalue weighted by molar-refractivity contribution is -0.0496. The summed E-state index contributed by atoms with van der Waals surface area (Å²) in [5, 5.41) is 5.83. The second-order valence-electron chi connectivity index (χ2n) is 8.14. The van der Waals surface area contributed by atoms with Gasteiger partial charge in [0.15, 0.2) is 0 Å². The molecule has 5 heteroatoms. The maximum atomic E-state index is 12.3. The zero-order valence-electron chi connectivity index (χ0n) is 13.9. The van der Waals surface area contributed by atoms with Crippen molar-refractivity contribution >= 4 is 17.6 Å². The maximum Gasteiger partial charge on any atom is 0.319 e. The van der Waals surface area contributed by atoms with Crippen molar-refractivity contribution in [1.29, 1.82) is 0 Å². The number of hydrogen-bond acceptors (Lipinski definition) is 2. The van der Waals surface area contributed by atoms with Gasteiger partial charge in [-0.1, -0.05) is 12.1 Å². The molecule has 1 aromatic carbocycles. The molecule has 3 amide bonds. The van der Waals surface area contributed by atoms with Gasteiger partial charge in [0.1, 0.15) is 0 Å². The molecule has 24 heavy (non-hydrogen) atoms. The Balaban J connectivity index is 1.38. The van der Waals surface area contributed by atoms with Crippen LogP contribution in [0.2, 0.25) is 0 Å². The third-order valence-electron chi connectivity index (χ3n) is 6.23. The normalized spacial score (nSPS) is 33.2. The lowest BCUT2D eigenvalue weighted by Crippen LogP contribution is -2.51. The molecule has 128 valence electrons. The zero-order valence-corrected chi connectivity index (χ0v) is 13.9. The lowest BCUT2D eigenvalue weighted by Gasteiger charge is -2.56. The molecule has 4 N–H and O–H groups in total. The Morgan fingerprint density at radius 2 is 1.62 bits per heavy atom. The number of urea groups is 1. The molecule has 4 aliphatic rings. The second-order valence-corrected chi connectivity index (χ2v) is 8.14. The fourth-order valence-electron chi connectivity index (χ4n) is 5.75. The molecule has 4 aliphatic carbocycles. The van der Waals surface area contributed by atoms with Crippen LogP contribution in [0.3, 0.4) is 0 Å². The van der Waals surface area contributed by atoms with Crippen LogP contribution in [0.4, 0.5) is 10.5 Å². The first-order valence-corrected chi connectivity index (χ1v) is 8.97. The molecule has 0 atom stereocenters. The number of amides is 3. The Kier molecular flexibility index (Phi) is 3.74. The summed E-state index contributed by atoms with van der Waals surface area (Å²) >= 11 is 0.